The van der Waals surface area contributed by atoms with Gasteiger partial charge < -0.3 is 15.4 Å². The predicted molar refractivity (Wildman–Crippen MR) is 156 cm³/mol. The summed E-state index contributed by atoms with van der Waals surface area (Å²) < 4.78 is 5.64. The van der Waals surface area contributed by atoms with E-state index in [1.165, 1.54) is 22.3 Å². The van der Waals surface area contributed by atoms with Gasteiger partial charge in [0.25, 0.3) is 0 Å². The SMILES string of the molecule is CC(C)N[C@@H](Cc1ccccc1)C(=O)Nc1ccc(NC(=O)OCC2c3ccccc3-c3ccccc32)cc1. The summed E-state index contributed by atoms with van der Waals surface area (Å²) in [4.78, 5) is 25.6. The van der Waals surface area contributed by atoms with Crippen LogP contribution >= 0.6 is 0 Å². The Morgan fingerprint density at radius 3 is 1.85 bits per heavy atom. The molecule has 6 nitrogen and oxygen atoms in total. The smallest absolute Gasteiger partial charge is 0.411 e. The highest BCUT2D eigenvalue weighted by Gasteiger charge is 2.29. The van der Waals surface area contributed by atoms with Crippen molar-refractivity contribution in [2.75, 3.05) is 17.2 Å². The predicted octanol–water partition coefficient (Wildman–Crippen LogP) is 6.60. The van der Waals surface area contributed by atoms with E-state index in [1.54, 1.807) is 24.3 Å². The van der Waals surface area contributed by atoms with Crippen molar-refractivity contribution in [2.24, 2.45) is 0 Å². The van der Waals surface area contributed by atoms with Gasteiger partial charge in [-0.25, -0.2) is 4.79 Å². The summed E-state index contributed by atoms with van der Waals surface area (Å²) in [5.74, 6) is -0.103. The maximum absolute atomic E-state index is 13.0. The molecule has 5 rings (SSSR count). The number of hydrogen-bond donors (Lipinski definition) is 3. The summed E-state index contributed by atoms with van der Waals surface area (Å²) in [7, 11) is 0. The zero-order valence-electron chi connectivity index (χ0n) is 22.2. The van der Waals surface area contributed by atoms with Crippen LogP contribution in [0.25, 0.3) is 11.1 Å². The molecule has 0 aromatic heterocycles. The van der Waals surface area contributed by atoms with Gasteiger partial charge in [0.15, 0.2) is 0 Å². The lowest BCUT2D eigenvalue weighted by atomic mass is 9.98. The molecule has 0 radical (unpaired) electrons. The Balaban J connectivity index is 1.17. The fraction of sp³-hybridized carbons (Fsp3) is 0.212. The number of benzene rings is 4. The molecule has 1 aliphatic rings. The Morgan fingerprint density at radius 2 is 1.26 bits per heavy atom. The standard InChI is InChI=1S/C33H33N3O3/c1-22(2)34-31(20-23-10-4-3-5-11-23)32(37)35-24-16-18-25(19-17-24)36-33(38)39-21-30-28-14-8-6-12-26(28)27-13-7-9-15-29(27)30/h3-19,22,30-31,34H,20-21H2,1-2H3,(H,35,37)(H,36,38)/t31-/m0/s1. The van der Waals surface area contributed by atoms with E-state index in [1.807, 2.05) is 68.4 Å². The maximum atomic E-state index is 13.0. The summed E-state index contributed by atoms with van der Waals surface area (Å²) in [5, 5.41) is 9.12. The fourth-order valence-corrected chi connectivity index (χ4v) is 5.10. The quantitative estimate of drug-likeness (QED) is 0.233. The van der Waals surface area contributed by atoms with Gasteiger partial charge in [0.1, 0.15) is 6.61 Å². The third-order valence-electron chi connectivity index (χ3n) is 6.88. The number of carbonyl (C=O) groups is 2. The Labute approximate surface area is 229 Å². The number of amides is 2. The zero-order chi connectivity index (χ0) is 27.2. The van der Waals surface area contributed by atoms with E-state index in [-0.39, 0.29) is 30.5 Å². The van der Waals surface area contributed by atoms with E-state index in [4.69, 9.17) is 4.74 Å². The second-order valence-electron chi connectivity index (χ2n) is 10.1. The van der Waals surface area contributed by atoms with Crippen LogP contribution in [0.5, 0.6) is 0 Å². The summed E-state index contributed by atoms with van der Waals surface area (Å²) in [6.45, 7) is 4.30. The van der Waals surface area contributed by atoms with Crippen molar-refractivity contribution >= 4 is 23.4 Å². The molecule has 6 heteroatoms. The number of rotatable bonds is 9. The molecule has 3 N–H and O–H groups in total. The lowest BCUT2D eigenvalue weighted by Gasteiger charge is -2.21. The van der Waals surface area contributed by atoms with Gasteiger partial charge in [-0.05, 0) is 58.5 Å². The number of ether oxygens (including phenoxy) is 1. The maximum Gasteiger partial charge on any atom is 0.411 e. The summed E-state index contributed by atoms with van der Waals surface area (Å²) in [5.41, 5.74) is 7.05. The number of nitrogens with one attached hydrogen (secondary N) is 3. The number of carbonyl (C=O) groups excluding carboxylic acids is 2. The molecule has 0 saturated carbocycles. The fourth-order valence-electron chi connectivity index (χ4n) is 5.10. The molecule has 1 aliphatic carbocycles. The van der Waals surface area contributed by atoms with E-state index >= 15 is 0 Å². The van der Waals surface area contributed by atoms with Crippen LogP contribution in [-0.2, 0) is 16.0 Å². The molecule has 0 spiro atoms. The molecule has 4 aromatic rings. The Kier molecular flexibility index (Phi) is 8.04. The number of hydrogen-bond acceptors (Lipinski definition) is 4. The van der Waals surface area contributed by atoms with Crippen LogP contribution < -0.4 is 16.0 Å². The third kappa shape index (κ3) is 6.36. The normalized spacial score (nSPS) is 12.9. The van der Waals surface area contributed by atoms with Gasteiger partial charge in [0.2, 0.25) is 5.91 Å². The number of fused-ring (bicyclic) bond motifs is 3. The highest BCUT2D eigenvalue weighted by Crippen LogP contribution is 2.44. The average Bonchev–Trinajstić information content (AvgIpc) is 3.26. The Bertz CT molecular complexity index is 1390. The highest BCUT2D eigenvalue weighted by atomic mass is 16.5. The van der Waals surface area contributed by atoms with Crippen LogP contribution in [0.1, 0.15) is 36.5 Å². The Morgan fingerprint density at radius 1 is 0.718 bits per heavy atom. The highest BCUT2D eigenvalue weighted by molar-refractivity contribution is 5.95. The molecule has 0 saturated heterocycles. The molecular formula is C33H33N3O3. The molecule has 198 valence electrons. The summed E-state index contributed by atoms with van der Waals surface area (Å²) >= 11 is 0. The molecule has 0 aliphatic heterocycles. The minimum atomic E-state index is -0.516. The second-order valence-corrected chi connectivity index (χ2v) is 10.1. The minimum Gasteiger partial charge on any atom is -0.448 e. The van der Waals surface area contributed by atoms with Crippen LogP contribution in [0, 0.1) is 0 Å². The van der Waals surface area contributed by atoms with Crippen molar-refractivity contribution in [3.05, 3.63) is 120 Å². The molecule has 39 heavy (non-hydrogen) atoms. The lowest BCUT2D eigenvalue weighted by Crippen LogP contribution is -2.45. The van der Waals surface area contributed by atoms with Crippen molar-refractivity contribution < 1.29 is 14.3 Å². The van der Waals surface area contributed by atoms with E-state index in [9.17, 15) is 9.59 Å². The molecule has 0 unspecified atom stereocenters. The molecule has 0 heterocycles. The topological polar surface area (TPSA) is 79.5 Å². The first-order valence-electron chi connectivity index (χ1n) is 13.3. The molecule has 1 atom stereocenters. The van der Waals surface area contributed by atoms with Gasteiger partial charge in [-0.15, -0.1) is 0 Å². The molecule has 0 bridgehead atoms. The van der Waals surface area contributed by atoms with Crippen LogP contribution in [0.4, 0.5) is 16.2 Å². The van der Waals surface area contributed by atoms with Crippen LogP contribution in [0.15, 0.2) is 103 Å². The van der Waals surface area contributed by atoms with Crippen molar-refractivity contribution in [3.63, 3.8) is 0 Å². The van der Waals surface area contributed by atoms with Crippen molar-refractivity contribution in [3.8, 4) is 11.1 Å². The first kappa shape index (κ1) is 26.2. The van der Waals surface area contributed by atoms with Gasteiger partial charge in [0, 0.05) is 23.3 Å². The molecule has 0 fully saturated rings. The van der Waals surface area contributed by atoms with E-state index in [2.05, 4.69) is 40.2 Å². The third-order valence-corrected chi connectivity index (χ3v) is 6.88. The minimum absolute atomic E-state index is 0.00372. The van der Waals surface area contributed by atoms with Crippen molar-refractivity contribution in [2.45, 2.75) is 38.3 Å². The van der Waals surface area contributed by atoms with E-state index < -0.39 is 6.09 Å². The van der Waals surface area contributed by atoms with Gasteiger partial charge in [-0.3, -0.25) is 10.1 Å². The zero-order valence-corrected chi connectivity index (χ0v) is 22.2. The largest absolute Gasteiger partial charge is 0.448 e. The monoisotopic (exact) mass is 519 g/mol. The van der Waals surface area contributed by atoms with Gasteiger partial charge in [-0.2, -0.15) is 0 Å². The molecule has 2 amide bonds. The van der Waals surface area contributed by atoms with Crippen molar-refractivity contribution in [1.82, 2.24) is 5.32 Å². The van der Waals surface area contributed by atoms with Crippen LogP contribution in [0.2, 0.25) is 0 Å². The first-order chi connectivity index (χ1) is 19.0. The first-order valence-corrected chi connectivity index (χ1v) is 13.3. The van der Waals surface area contributed by atoms with Crippen molar-refractivity contribution in [1.29, 1.82) is 0 Å². The lowest BCUT2D eigenvalue weighted by molar-refractivity contribution is -0.118. The Hall–Kier alpha value is -4.42. The van der Waals surface area contributed by atoms with Crippen LogP contribution in [-0.4, -0.2) is 30.7 Å². The average molecular weight is 520 g/mol. The van der Waals surface area contributed by atoms with Gasteiger partial charge >= 0.3 is 6.09 Å². The second kappa shape index (κ2) is 12.0. The van der Waals surface area contributed by atoms with Gasteiger partial charge in [-0.1, -0.05) is 92.7 Å². The molecular weight excluding hydrogens is 486 g/mol. The van der Waals surface area contributed by atoms with E-state index in [0.29, 0.717) is 17.8 Å². The van der Waals surface area contributed by atoms with Crippen LogP contribution in [0.3, 0.4) is 0 Å². The van der Waals surface area contributed by atoms with Gasteiger partial charge in [0.05, 0.1) is 6.04 Å². The summed E-state index contributed by atoms with van der Waals surface area (Å²) in [6.07, 6.45) is 0.0735. The summed E-state index contributed by atoms with van der Waals surface area (Å²) in [6, 6.07) is 33.3. The molecule has 4 aromatic carbocycles. The van der Waals surface area contributed by atoms with E-state index in [0.717, 1.165) is 5.56 Å². The number of anilines is 2.